The number of hydrogen-bond acceptors (Lipinski definition) is 7. The summed E-state index contributed by atoms with van der Waals surface area (Å²) in [5.41, 5.74) is 1.41. The van der Waals surface area contributed by atoms with Crippen molar-refractivity contribution in [2.24, 2.45) is 0 Å². The fourth-order valence-electron chi connectivity index (χ4n) is 5.13. The first-order valence-electron chi connectivity index (χ1n) is 12.2. The zero-order valence-electron chi connectivity index (χ0n) is 20.4. The first kappa shape index (κ1) is 27.0. The van der Waals surface area contributed by atoms with Crippen molar-refractivity contribution >= 4 is 16.5 Å². The number of sulfonamides is 1. The van der Waals surface area contributed by atoms with Crippen molar-refractivity contribution in [2.75, 3.05) is 26.5 Å². The second-order valence-electron chi connectivity index (χ2n) is 9.71. The highest BCUT2D eigenvalue weighted by Gasteiger charge is 2.38. The molecule has 1 aliphatic carbocycles. The smallest absolute Gasteiger partial charge is 0.293 e. The van der Waals surface area contributed by atoms with Gasteiger partial charge < -0.3 is 9.47 Å². The van der Waals surface area contributed by atoms with Gasteiger partial charge in [0.1, 0.15) is 5.82 Å². The van der Waals surface area contributed by atoms with E-state index in [1.54, 1.807) is 6.07 Å². The molecule has 1 saturated heterocycles. The number of rotatable bonds is 12. The van der Waals surface area contributed by atoms with Crippen molar-refractivity contribution in [2.45, 2.75) is 88.4 Å². The molecule has 1 aliphatic heterocycles. The molecule has 1 aromatic heterocycles. The normalized spacial score (nSPS) is 28.2. The van der Waals surface area contributed by atoms with Crippen molar-refractivity contribution < 1.29 is 27.1 Å². The van der Waals surface area contributed by atoms with Gasteiger partial charge >= 0.3 is 0 Å². The molecule has 3 unspecified atom stereocenters. The maximum atomic E-state index is 14.2. The summed E-state index contributed by atoms with van der Waals surface area (Å²) in [7, 11) is -1.25. The SMILES string of the molecule is CC1CC(NS(C)(=O)=O)C(COC2CCC(c3ccc(F)c(CCCCOC=O)n3)CC2)N1C. The maximum Gasteiger partial charge on any atom is 0.293 e. The molecule has 34 heavy (non-hydrogen) atoms. The third-order valence-corrected chi connectivity index (χ3v) is 7.90. The van der Waals surface area contributed by atoms with E-state index in [-0.39, 0.29) is 29.9 Å². The van der Waals surface area contributed by atoms with E-state index >= 15 is 0 Å². The summed E-state index contributed by atoms with van der Waals surface area (Å²) in [6.45, 7) is 3.37. The van der Waals surface area contributed by atoms with Crippen LogP contribution in [0.2, 0.25) is 0 Å². The predicted molar refractivity (Wildman–Crippen MR) is 127 cm³/mol. The lowest BCUT2D eigenvalue weighted by Gasteiger charge is -2.32. The Kier molecular flexibility index (Phi) is 9.82. The van der Waals surface area contributed by atoms with Crippen molar-refractivity contribution in [1.29, 1.82) is 0 Å². The molecule has 1 aromatic rings. The molecule has 2 aliphatic rings. The van der Waals surface area contributed by atoms with Gasteiger partial charge in [-0.3, -0.25) is 14.7 Å². The van der Waals surface area contributed by atoms with Crippen LogP contribution in [-0.2, 0) is 30.7 Å². The fourth-order valence-corrected chi connectivity index (χ4v) is 5.93. The number of hydrogen-bond donors (Lipinski definition) is 1. The molecule has 2 fully saturated rings. The molecule has 1 saturated carbocycles. The summed E-state index contributed by atoms with van der Waals surface area (Å²) in [6, 6.07) is 3.46. The lowest BCUT2D eigenvalue weighted by Crippen LogP contribution is -2.47. The Morgan fingerprint density at radius 2 is 1.97 bits per heavy atom. The van der Waals surface area contributed by atoms with E-state index in [1.807, 2.05) is 7.05 Å². The Balaban J connectivity index is 1.48. The van der Waals surface area contributed by atoms with E-state index < -0.39 is 10.0 Å². The second kappa shape index (κ2) is 12.4. The highest BCUT2D eigenvalue weighted by Crippen LogP contribution is 2.34. The summed E-state index contributed by atoms with van der Waals surface area (Å²) >= 11 is 0. The van der Waals surface area contributed by atoms with Crippen LogP contribution in [-0.4, -0.2) is 75.5 Å². The highest BCUT2D eigenvalue weighted by atomic mass is 32.2. The first-order chi connectivity index (χ1) is 16.2. The van der Waals surface area contributed by atoms with Crippen molar-refractivity contribution in [3.8, 4) is 0 Å². The molecule has 0 aromatic carbocycles. The third kappa shape index (κ3) is 7.69. The Hall–Kier alpha value is -1.62. The molecular formula is C24H38FN3O5S. The van der Waals surface area contributed by atoms with E-state index in [1.165, 1.54) is 12.3 Å². The summed E-state index contributed by atoms with van der Waals surface area (Å²) in [4.78, 5) is 17.0. The van der Waals surface area contributed by atoms with Gasteiger partial charge in [0.25, 0.3) is 6.47 Å². The van der Waals surface area contributed by atoms with Crippen molar-refractivity contribution in [3.63, 3.8) is 0 Å². The number of likely N-dealkylation sites (tertiary alicyclic amines) is 1. The number of likely N-dealkylation sites (N-methyl/N-ethyl adjacent to an activating group) is 1. The van der Waals surface area contributed by atoms with Crippen LogP contribution in [0.1, 0.15) is 69.2 Å². The monoisotopic (exact) mass is 499 g/mol. The first-order valence-corrected chi connectivity index (χ1v) is 14.1. The van der Waals surface area contributed by atoms with E-state index in [0.29, 0.717) is 50.7 Å². The number of carbonyl (C=O) groups excluding carboxylic acids is 1. The molecule has 192 valence electrons. The third-order valence-electron chi connectivity index (χ3n) is 7.17. The number of aromatic nitrogens is 1. The van der Waals surface area contributed by atoms with Gasteiger partial charge in [0.05, 0.1) is 31.3 Å². The number of ether oxygens (including phenoxy) is 2. The van der Waals surface area contributed by atoms with Gasteiger partial charge in [0, 0.05) is 29.7 Å². The number of carbonyl (C=O) groups is 1. The average Bonchev–Trinajstić information content (AvgIpc) is 3.04. The van der Waals surface area contributed by atoms with Crippen LogP contribution in [0.15, 0.2) is 12.1 Å². The Bertz CT molecular complexity index is 908. The van der Waals surface area contributed by atoms with Crippen LogP contribution in [0, 0.1) is 5.82 Å². The summed E-state index contributed by atoms with van der Waals surface area (Å²) in [6.07, 6.45) is 7.69. The molecule has 3 atom stereocenters. The minimum atomic E-state index is -3.27. The predicted octanol–water partition coefficient (Wildman–Crippen LogP) is 2.77. The van der Waals surface area contributed by atoms with Gasteiger partial charge in [-0.15, -0.1) is 0 Å². The molecule has 0 spiro atoms. The van der Waals surface area contributed by atoms with Crippen LogP contribution in [0.3, 0.4) is 0 Å². The standard InChI is InChI=1S/C24H38FN3O5S/c1-17-14-23(27-34(3,30)31)24(28(17)2)15-33-19-9-7-18(8-10-19)21-12-11-20(25)22(26-21)6-4-5-13-32-16-29/h11-12,16-19,23-24,27H,4-10,13-15H2,1-3H3. The zero-order chi connectivity index (χ0) is 24.7. The fraction of sp³-hybridized carbons (Fsp3) is 0.750. The molecule has 8 nitrogen and oxygen atoms in total. The van der Waals surface area contributed by atoms with Crippen LogP contribution >= 0.6 is 0 Å². The number of pyridine rings is 1. The number of halogens is 1. The van der Waals surface area contributed by atoms with Gasteiger partial charge in [0.2, 0.25) is 10.0 Å². The molecule has 3 rings (SSSR count). The molecule has 2 heterocycles. The van der Waals surface area contributed by atoms with Crippen molar-refractivity contribution in [3.05, 3.63) is 29.3 Å². The summed E-state index contributed by atoms with van der Waals surface area (Å²) in [5, 5.41) is 0. The van der Waals surface area contributed by atoms with Crippen molar-refractivity contribution in [1.82, 2.24) is 14.6 Å². The van der Waals surface area contributed by atoms with Gasteiger partial charge in [-0.25, -0.2) is 17.5 Å². The van der Waals surface area contributed by atoms with Gasteiger partial charge in [-0.05, 0) is 77.5 Å². The molecule has 1 N–H and O–H groups in total. The number of nitrogens with one attached hydrogen (secondary N) is 1. The lowest BCUT2D eigenvalue weighted by atomic mass is 9.85. The minimum absolute atomic E-state index is 0.0145. The van der Waals surface area contributed by atoms with Crippen LogP contribution in [0.5, 0.6) is 0 Å². The van der Waals surface area contributed by atoms with Crippen LogP contribution in [0.25, 0.3) is 0 Å². The summed E-state index contributed by atoms with van der Waals surface area (Å²) < 4.78 is 51.4. The van der Waals surface area contributed by atoms with Gasteiger partial charge in [0.15, 0.2) is 0 Å². The Morgan fingerprint density at radius 3 is 2.65 bits per heavy atom. The van der Waals surface area contributed by atoms with Gasteiger partial charge in [-0.1, -0.05) is 0 Å². The number of nitrogens with zero attached hydrogens (tertiary/aromatic N) is 2. The van der Waals surface area contributed by atoms with Crippen LogP contribution in [0.4, 0.5) is 4.39 Å². The topological polar surface area (TPSA) is 97.8 Å². The Labute approximate surface area is 202 Å². The molecule has 10 heteroatoms. The van der Waals surface area contributed by atoms with E-state index in [2.05, 4.69) is 26.3 Å². The van der Waals surface area contributed by atoms with Crippen LogP contribution < -0.4 is 4.72 Å². The lowest BCUT2D eigenvalue weighted by molar-refractivity contribution is -0.128. The Morgan fingerprint density at radius 1 is 1.24 bits per heavy atom. The largest absolute Gasteiger partial charge is 0.468 e. The van der Waals surface area contributed by atoms with E-state index in [4.69, 9.17) is 4.74 Å². The minimum Gasteiger partial charge on any atom is -0.468 e. The highest BCUT2D eigenvalue weighted by molar-refractivity contribution is 7.88. The number of aryl methyl sites for hydroxylation is 1. The molecule has 0 radical (unpaired) electrons. The molecule has 0 bridgehead atoms. The second-order valence-corrected chi connectivity index (χ2v) is 11.5. The zero-order valence-corrected chi connectivity index (χ0v) is 21.2. The maximum absolute atomic E-state index is 14.2. The molecule has 0 amide bonds. The number of unbranched alkanes of at least 4 members (excludes halogenated alkanes) is 1. The van der Waals surface area contributed by atoms with E-state index in [0.717, 1.165) is 37.8 Å². The van der Waals surface area contributed by atoms with E-state index in [9.17, 15) is 17.6 Å². The van der Waals surface area contributed by atoms with Gasteiger partial charge in [-0.2, -0.15) is 0 Å². The quantitative estimate of drug-likeness (QED) is 0.349. The molecular weight excluding hydrogens is 461 g/mol. The average molecular weight is 500 g/mol. The summed E-state index contributed by atoms with van der Waals surface area (Å²) in [5.74, 6) is -0.00401.